The molecular formula is C23H30FN5OS. The fourth-order valence-electron chi connectivity index (χ4n) is 3.90. The molecule has 166 valence electrons. The average molecular weight is 444 g/mol. The maximum Gasteiger partial charge on any atom is 0.156 e. The molecule has 1 saturated heterocycles. The first kappa shape index (κ1) is 21.8. The third-order valence-electron chi connectivity index (χ3n) is 5.56. The van der Waals surface area contributed by atoms with Crippen molar-refractivity contribution in [1.82, 2.24) is 9.88 Å². The molecule has 0 atom stereocenters. The number of piperidine rings is 1. The Morgan fingerprint density at radius 3 is 2.90 bits per heavy atom. The Kier molecular flexibility index (Phi) is 6.57. The first-order chi connectivity index (χ1) is 14.9. The summed E-state index contributed by atoms with van der Waals surface area (Å²) in [7, 11) is 2.18. The number of fused-ring (bicyclic) bond motifs is 1. The first-order valence-corrected chi connectivity index (χ1v) is 11.6. The van der Waals surface area contributed by atoms with Gasteiger partial charge in [-0.25, -0.2) is 14.4 Å². The maximum absolute atomic E-state index is 13.8. The molecule has 1 fully saturated rings. The molecule has 0 bridgehead atoms. The molecule has 0 saturated carbocycles. The van der Waals surface area contributed by atoms with Gasteiger partial charge in [-0.3, -0.25) is 0 Å². The number of halogens is 1. The number of aliphatic imine (C=N–C) groups is 1. The molecule has 0 radical (unpaired) electrons. The van der Waals surface area contributed by atoms with Crippen LogP contribution in [0.25, 0.3) is 5.57 Å². The number of anilines is 2. The quantitative estimate of drug-likeness (QED) is 0.654. The minimum Gasteiger partial charge on any atom is -0.489 e. The van der Waals surface area contributed by atoms with E-state index in [1.54, 1.807) is 17.4 Å². The molecule has 2 N–H and O–H groups in total. The van der Waals surface area contributed by atoms with Crippen LogP contribution in [0.15, 0.2) is 29.8 Å². The minimum atomic E-state index is -0.338. The fourth-order valence-corrected chi connectivity index (χ4v) is 4.83. The van der Waals surface area contributed by atoms with Crippen molar-refractivity contribution in [2.24, 2.45) is 10.9 Å². The molecule has 31 heavy (non-hydrogen) atoms. The lowest BCUT2D eigenvalue weighted by atomic mass is 9.91. The van der Waals surface area contributed by atoms with Crippen LogP contribution in [-0.2, 0) is 0 Å². The topological polar surface area (TPSA) is 61.8 Å². The second-order valence-electron chi connectivity index (χ2n) is 8.52. The second-order valence-corrected chi connectivity index (χ2v) is 9.52. The van der Waals surface area contributed by atoms with Crippen LogP contribution < -0.4 is 15.4 Å². The van der Waals surface area contributed by atoms with Gasteiger partial charge >= 0.3 is 0 Å². The van der Waals surface area contributed by atoms with Gasteiger partial charge in [-0.15, -0.1) is 0 Å². The number of rotatable bonds is 6. The highest BCUT2D eigenvalue weighted by molar-refractivity contribution is 7.17. The number of thiazole rings is 1. The van der Waals surface area contributed by atoms with E-state index in [-0.39, 0.29) is 11.9 Å². The van der Waals surface area contributed by atoms with Crippen LogP contribution in [0.4, 0.5) is 15.1 Å². The van der Waals surface area contributed by atoms with Gasteiger partial charge in [0.1, 0.15) is 33.9 Å². The molecule has 2 aromatic rings. The van der Waals surface area contributed by atoms with Crippen LogP contribution in [0.5, 0.6) is 5.75 Å². The number of nitrogens with one attached hydrogen (secondary N) is 2. The zero-order valence-corrected chi connectivity index (χ0v) is 19.2. The van der Waals surface area contributed by atoms with Gasteiger partial charge in [0.2, 0.25) is 0 Å². The lowest BCUT2D eigenvalue weighted by molar-refractivity contribution is 0.222. The monoisotopic (exact) mass is 443 g/mol. The Hall–Kier alpha value is -2.45. The van der Waals surface area contributed by atoms with Crippen molar-refractivity contribution >= 4 is 33.4 Å². The van der Waals surface area contributed by atoms with Crippen molar-refractivity contribution in [3.63, 3.8) is 0 Å². The van der Waals surface area contributed by atoms with Crippen molar-refractivity contribution in [3.05, 3.63) is 41.3 Å². The predicted molar refractivity (Wildman–Crippen MR) is 127 cm³/mol. The number of amidine groups is 1. The normalized spacial score (nSPS) is 17.1. The molecule has 0 amide bonds. The third-order valence-corrected chi connectivity index (χ3v) is 6.68. The molecule has 2 aliphatic heterocycles. The first-order valence-electron chi connectivity index (χ1n) is 10.8. The van der Waals surface area contributed by atoms with Crippen LogP contribution in [0.1, 0.15) is 43.8 Å². The van der Waals surface area contributed by atoms with Crippen LogP contribution >= 0.6 is 11.3 Å². The number of ether oxygens (including phenoxy) is 1. The fraction of sp³-hybridized carbons (Fsp3) is 0.478. The standard InChI is InChI=1S/C23H30FN5OS/c1-14(2)30-19-12-17(24)5-6-18(19)27-21-20-23(26-13-25-21)31-22(28-20)15(3)11-16-7-9-29(4)10-8-16/h5-6,12,14,16,26H,3,7-11,13H2,1-2,4H3,(H,25,27). The molecular weight excluding hydrogens is 413 g/mol. The van der Waals surface area contributed by atoms with E-state index in [4.69, 9.17) is 9.72 Å². The number of hydrogen-bond donors (Lipinski definition) is 2. The molecule has 1 aromatic carbocycles. The van der Waals surface area contributed by atoms with Crippen LogP contribution in [0.2, 0.25) is 0 Å². The summed E-state index contributed by atoms with van der Waals surface area (Å²) in [6.45, 7) is 10.9. The van der Waals surface area contributed by atoms with Crippen molar-refractivity contribution < 1.29 is 9.13 Å². The van der Waals surface area contributed by atoms with E-state index in [1.807, 2.05) is 13.8 Å². The van der Waals surface area contributed by atoms with Crippen molar-refractivity contribution in [3.8, 4) is 5.75 Å². The van der Waals surface area contributed by atoms with Crippen molar-refractivity contribution in [1.29, 1.82) is 0 Å². The van der Waals surface area contributed by atoms with E-state index in [0.29, 0.717) is 29.9 Å². The Morgan fingerprint density at radius 2 is 2.16 bits per heavy atom. The summed E-state index contributed by atoms with van der Waals surface area (Å²) in [5, 5.41) is 8.54. The van der Waals surface area contributed by atoms with Crippen molar-refractivity contribution in [2.45, 2.75) is 39.2 Å². The number of likely N-dealkylation sites (tertiary alicyclic amines) is 1. The molecule has 0 unspecified atom stereocenters. The van der Waals surface area contributed by atoms with Crippen LogP contribution in [0, 0.1) is 11.7 Å². The molecule has 1 aromatic heterocycles. The van der Waals surface area contributed by atoms with E-state index in [0.717, 1.165) is 40.8 Å². The van der Waals surface area contributed by atoms with Gasteiger partial charge in [0.05, 0.1) is 11.8 Å². The average Bonchev–Trinajstić information content (AvgIpc) is 3.17. The highest BCUT2D eigenvalue weighted by Crippen LogP contribution is 2.36. The van der Waals surface area contributed by atoms with Crippen LogP contribution in [-0.4, -0.2) is 48.6 Å². The largest absolute Gasteiger partial charge is 0.489 e. The Bertz CT molecular complexity index is 978. The number of aromatic nitrogens is 1. The van der Waals surface area contributed by atoms with Gasteiger partial charge in [-0.05, 0) is 76.9 Å². The van der Waals surface area contributed by atoms with E-state index in [9.17, 15) is 4.39 Å². The lowest BCUT2D eigenvalue weighted by Gasteiger charge is -2.29. The van der Waals surface area contributed by atoms with Crippen molar-refractivity contribution in [2.75, 3.05) is 37.4 Å². The SMILES string of the molecule is C=C(CC1CCN(C)CC1)c1nc2c(s1)NCN=C2Nc1ccc(F)cc1OC(C)C. The Balaban J connectivity index is 1.50. The van der Waals surface area contributed by atoms with Gasteiger partial charge in [0, 0.05) is 6.07 Å². The summed E-state index contributed by atoms with van der Waals surface area (Å²) >= 11 is 1.62. The smallest absolute Gasteiger partial charge is 0.156 e. The van der Waals surface area contributed by atoms with E-state index < -0.39 is 0 Å². The molecule has 0 aliphatic carbocycles. The van der Waals surface area contributed by atoms with Gasteiger partial charge in [0.25, 0.3) is 0 Å². The Morgan fingerprint density at radius 1 is 1.39 bits per heavy atom. The summed E-state index contributed by atoms with van der Waals surface area (Å²) < 4.78 is 19.5. The summed E-state index contributed by atoms with van der Waals surface area (Å²) in [5.41, 5.74) is 2.53. The van der Waals surface area contributed by atoms with E-state index >= 15 is 0 Å². The highest BCUT2D eigenvalue weighted by Gasteiger charge is 2.24. The molecule has 3 heterocycles. The lowest BCUT2D eigenvalue weighted by Crippen LogP contribution is -2.30. The zero-order valence-electron chi connectivity index (χ0n) is 18.4. The molecule has 4 rings (SSSR count). The van der Waals surface area contributed by atoms with Gasteiger partial charge < -0.3 is 20.3 Å². The predicted octanol–water partition coefficient (Wildman–Crippen LogP) is 5.06. The number of benzene rings is 1. The highest BCUT2D eigenvalue weighted by atomic mass is 32.1. The van der Waals surface area contributed by atoms with E-state index in [1.165, 1.54) is 25.0 Å². The van der Waals surface area contributed by atoms with Gasteiger partial charge in [-0.2, -0.15) is 0 Å². The minimum absolute atomic E-state index is 0.0679. The maximum atomic E-state index is 13.8. The van der Waals surface area contributed by atoms with Gasteiger partial charge in [-0.1, -0.05) is 17.9 Å². The van der Waals surface area contributed by atoms with Crippen LogP contribution in [0.3, 0.4) is 0 Å². The molecule has 0 spiro atoms. The number of nitrogens with zero attached hydrogens (tertiary/aromatic N) is 3. The molecule has 8 heteroatoms. The summed E-state index contributed by atoms with van der Waals surface area (Å²) in [4.78, 5) is 11.8. The summed E-state index contributed by atoms with van der Waals surface area (Å²) in [5.74, 6) is 1.44. The Labute approximate surface area is 187 Å². The second kappa shape index (κ2) is 9.36. The molecule has 2 aliphatic rings. The summed E-state index contributed by atoms with van der Waals surface area (Å²) in [6.07, 6.45) is 3.32. The number of allylic oxidation sites excluding steroid dienone is 1. The van der Waals surface area contributed by atoms with Gasteiger partial charge in [0.15, 0.2) is 5.84 Å². The zero-order chi connectivity index (χ0) is 22.0. The summed E-state index contributed by atoms with van der Waals surface area (Å²) in [6, 6.07) is 4.47. The van der Waals surface area contributed by atoms with E-state index in [2.05, 4.69) is 34.2 Å². The third kappa shape index (κ3) is 5.25. The number of hydrogen-bond acceptors (Lipinski definition) is 7. The molecule has 6 nitrogen and oxygen atoms in total.